The Kier molecular flexibility index (Phi) is 6.88. The summed E-state index contributed by atoms with van der Waals surface area (Å²) in [6.07, 6.45) is 3.52. The minimum atomic E-state index is -0.0289. The van der Waals surface area contributed by atoms with E-state index in [0.29, 0.717) is 11.8 Å². The summed E-state index contributed by atoms with van der Waals surface area (Å²) in [5, 5.41) is 9.71. The molecule has 0 aromatic heterocycles. The van der Waals surface area contributed by atoms with Crippen LogP contribution < -0.4 is 0 Å². The second-order valence-electron chi connectivity index (χ2n) is 4.39. The molecule has 0 unspecified atom stereocenters. The minimum Gasteiger partial charge on any atom is -1.00 e. The Morgan fingerprint density at radius 1 is 1.33 bits per heavy atom. The largest absolute Gasteiger partial charge is 2.00 e. The molecule has 0 heterocycles. The Bertz CT molecular complexity index is 133. The van der Waals surface area contributed by atoms with E-state index in [2.05, 4.69) is 20.8 Å². The number of aliphatic hydroxyl groups excluding tert-OH is 1. The molecule has 2 heteroatoms. The van der Waals surface area contributed by atoms with Crippen molar-refractivity contribution in [3.8, 4) is 0 Å². The second kappa shape index (κ2) is 6.10. The quantitative estimate of drug-likeness (QED) is 0.736. The fourth-order valence-electron chi connectivity index (χ4n) is 2.15. The molecule has 3 atom stereocenters. The third-order valence-corrected chi connectivity index (χ3v) is 2.99. The monoisotopic (exact) mass is 296 g/mol. The molecular weight excluding hydrogens is 273 g/mol. The molecule has 1 saturated carbocycles. The topological polar surface area (TPSA) is 20.2 Å². The summed E-state index contributed by atoms with van der Waals surface area (Å²) in [5.41, 5.74) is 0. The molecule has 0 aliphatic heterocycles. The maximum Gasteiger partial charge on any atom is 2.00 e. The van der Waals surface area contributed by atoms with Gasteiger partial charge < -0.3 is 7.96 Å². The number of hydrogen-bond donors (Lipinski definition) is 1. The van der Waals surface area contributed by atoms with Crippen molar-refractivity contribution in [2.45, 2.75) is 46.1 Å². The minimum absolute atomic E-state index is 0. The van der Waals surface area contributed by atoms with Crippen LogP contribution in [-0.4, -0.2) is 60.1 Å². The van der Waals surface area contributed by atoms with Gasteiger partial charge in [-0.15, -0.1) is 0 Å². The van der Waals surface area contributed by atoms with E-state index in [1.54, 1.807) is 0 Å². The molecule has 0 radical (unpaired) electrons. The Balaban J connectivity index is -0.000000403. The molecule has 1 aliphatic rings. The molecule has 70 valence electrons. The van der Waals surface area contributed by atoms with Crippen LogP contribution in [0.5, 0.6) is 0 Å². The molecule has 0 bridgehead atoms. The van der Waals surface area contributed by atoms with Crippen LogP contribution >= 0.6 is 0 Å². The average molecular weight is 296 g/mol. The summed E-state index contributed by atoms with van der Waals surface area (Å²) in [6, 6.07) is 0. The summed E-state index contributed by atoms with van der Waals surface area (Å²) >= 11 is 0. The van der Waals surface area contributed by atoms with E-state index in [9.17, 15) is 5.11 Å². The number of aliphatic hydroxyl groups is 1. The maximum absolute atomic E-state index is 9.71. The van der Waals surface area contributed by atoms with Crippen molar-refractivity contribution >= 4 is 48.9 Å². The van der Waals surface area contributed by atoms with Gasteiger partial charge in [0.15, 0.2) is 0 Å². The smallest absolute Gasteiger partial charge is 1.00 e. The Morgan fingerprint density at radius 3 is 2.33 bits per heavy atom. The molecular formula is C10H22BaO. The van der Waals surface area contributed by atoms with Gasteiger partial charge in [-0.1, -0.05) is 27.2 Å². The van der Waals surface area contributed by atoms with Gasteiger partial charge in [0.25, 0.3) is 0 Å². The molecule has 1 fully saturated rings. The SMILES string of the molecule is CC(C)[C@@H]1CC[C@@H](C)C[C@H]1O.[Ba+2].[H-].[H-]. The van der Waals surface area contributed by atoms with Crippen LogP contribution in [0.4, 0.5) is 0 Å². The van der Waals surface area contributed by atoms with Crippen LogP contribution in [0.3, 0.4) is 0 Å². The summed E-state index contributed by atoms with van der Waals surface area (Å²) in [7, 11) is 0. The van der Waals surface area contributed by atoms with Gasteiger partial charge in [0.2, 0.25) is 0 Å². The molecule has 0 saturated heterocycles. The van der Waals surface area contributed by atoms with E-state index in [0.717, 1.165) is 12.3 Å². The Morgan fingerprint density at radius 2 is 1.92 bits per heavy atom. The summed E-state index contributed by atoms with van der Waals surface area (Å²) in [5.74, 6) is 1.95. The van der Waals surface area contributed by atoms with Crippen LogP contribution in [0.25, 0.3) is 0 Å². The van der Waals surface area contributed by atoms with Gasteiger partial charge in [-0.05, 0) is 30.6 Å². The first-order chi connectivity index (χ1) is 5.11. The van der Waals surface area contributed by atoms with Gasteiger partial charge in [0.05, 0.1) is 6.10 Å². The fraction of sp³-hybridized carbons (Fsp3) is 1.00. The van der Waals surface area contributed by atoms with Gasteiger partial charge >= 0.3 is 48.9 Å². The first-order valence-corrected chi connectivity index (χ1v) is 4.79. The van der Waals surface area contributed by atoms with Crippen molar-refractivity contribution in [3.63, 3.8) is 0 Å². The van der Waals surface area contributed by atoms with Crippen molar-refractivity contribution in [2.24, 2.45) is 17.8 Å². The molecule has 1 nitrogen and oxygen atoms in total. The zero-order chi connectivity index (χ0) is 8.43. The zero-order valence-electron chi connectivity index (χ0n) is 10.6. The van der Waals surface area contributed by atoms with Gasteiger partial charge in [-0.3, -0.25) is 0 Å². The summed E-state index contributed by atoms with van der Waals surface area (Å²) in [4.78, 5) is 0. The molecule has 0 aromatic carbocycles. The standard InChI is InChI=1S/C10H20O.Ba.2H/c1-7(2)9-5-4-8(3)6-10(9)11;;;/h7-11H,4-6H2,1-3H3;;;/q;+2;2*-1/t8-,9+,10-;;;/m1.../s1. The molecule has 1 N–H and O–H groups in total. The van der Waals surface area contributed by atoms with Crippen molar-refractivity contribution in [2.75, 3.05) is 0 Å². The van der Waals surface area contributed by atoms with E-state index in [1.807, 2.05) is 0 Å². The van der Waals surface area contributed by atoms with Crippen molar-refractivity contribution in [3.05, 3.63) is 0 Å². The zero-order valence-corrected chi connectivity index (χ0v) is 13.0. The summed E-state index contributed by atoms with van der Waals surface area (Å²) in [6.45, 7) is 6.66. The van der Waals surface area contributed by atoms with Crippen LogP contribution in [0, 0.1) is 17.8 Å². The average Bonchev–Trinajstić information content (AvgIpc) is 1.85. The molecule has 0 spiro atoms. The number of hydrogen-bond acceptors (Lipinski definition) is 1. The van der Waals surface area contributed by atoms with E-state index in [1.165, 1.54) is 12.8 Å². The van der Waals surface area contributed by atoms with Gasteiger partial charge in [0.1, 0.15) is 0 Å². The van der Waals surface area contributed by atoms with Gasteiger partial charge in [-0.25, -0.2) is 0 Å². The van der Waals surface area contributed by atoms with Crippen LogP contribution in [0.15, 0.2) is 0 Å². The first-order valence-electron chi connectivity index (χ1n) is 4.79. The van der Waals surface area contributed by atoms with Crippen molar-refractivity contribution in [1.82, 2.24) is 0 Å². The van der Waals surface area contributed by atoms with E-state index in [-0.39, 0.29) is 57.8 Å². The normalized spacial score (nSPS) is 36.2. The molecule has 1 aliphatic carbocycles. The predicted molar refractivity (Wildman–Crippen MR) is 55.3 cm³/mol. The predicted octanol–water partition coefficient (Wildman–Crippen LogP) is 2.28. The molecule has 1 rings (SSSR count). The van der Waals surface area contributed by atoms with Gasteiger partial charge in [-0.2, -0.15) is 0 Å². The maximum atomic E-state index is 9.71. The van der Waals surface area contributed by atoms with Crippen molar-refractivity contribution in [1.29, 1.82) is 0 Å². The number of rotatable bonds is 1. The molecule has 0 aromatic rings. The van der Waals surface area contributed by atoms with Crippen LogP contribution in [0.2, 0.25) is 0 Å². The second-order valence-corrected chi connectivity index (χ2v) is 4.39. The molecule has 0 amide bonds. The third kappa shape index (κ3) is 3.72. The van der Waals surface area contributed by atoms with E-state index in [4.69, 9.17) is 0 Å². The fourth-order valence-corrected chi connectivity index (χ4v) is 2.15. The third-order valence-electron chi connectivity index (χ3n) is 2.99. The van der Waals surface area contributed by atoms with Crippen LogP contribution in [0.1, 0.15) is 42.9 Å². The van der Waals surface area contributed by atoms with Gasteiger partial charge in [0, 0.05) is 0 Å². The van der Waals surface area contributed by atoms with Crippen molar-refractivity contribution < 1.29 is 7.96 Å². The van der Waals surface area contributed by atoms with E-state index < -0.39 is 0 Å². The Labute approximate surface area is 119 Å². The molecule has 12 heavy (non-hydrogen) atoms. The Hall–Kier alpha value is 1.53. The summed E-state index contributed by atoms with van der Waals surface area (Å²) < 4.78 is 0. The van der Waals surface area contributed by atoms with E-state index >= 15 is 0 Å². The van der Waals surface area contributed by atoms with Crippen LogP contribution in [-0.2, 0) is 0 Å². The first kappa shape index (κ1) is 13.5.